The third-order valence-corrected chi connectivity index (χ3v) is 1.46. The van der Waals surface area contributed by atoms with Gasteiger partial charge in [0.2, 0.25) is 0 Å². The lowest BCUT2D eigenvalue weighted by Crippen LogP contribution is -1.70. The van der Waals surface area contributed by atoms with E-state index in [1.165, 1.54) is 0 Å². The van der Waals surface area contributed by atoms with Crippen molar-refractivity contribution in [1.29, 1.82) is 0 Å². The first-order valence-electron chi connectivity index (χ1n) is 3.09. The fraction of sp³-hybridized carbons (Fsp3) is 0.286. The largest absolute Gasteiger partial charge is 0.501 e. The summed E-state index contributed by atoms with van der Waals surface area (Å²) in [6.45, 7) is 0.889. The van der Waals surface area contributed by atoms with E-state index in [1.54, 1.807) is 29.3 Å². The average molecular weight is 155 g/mol. The van der Waals surface area contributed by atoms with E-state index in [1.807, 2.05) is 11.5 Å². The van der Waals surface area contributed by atoms with Gasteiger partial charge in [0.05, 0.1) is 18.4 Å². The van der Waals surface area contributed by atoms with Gasteiger partial charge in [0.1, 0.15) is 0 Å². The standard InChI is InChI=1S/C4H6O.C3H3NS/c1-2-4-5-3-1;1-2-5-3-4-1/h1,3H,2,4H2;1-3H. The van der Waals surface area contributed by atoms with Gasteiger partial charge in [-0.25, -0.2) is 0 Å². The third kappa shape index (κ3) is 3.25. The van der Waals surface area contributed by atoms with Crippen molar-refractivity contribution < 1.29 is 4.74 Å². The molecule has 0 amide bonds. The van der Waals surface area contributed by atoms with E-state index in [-0.39, 0.29) is 0 Å². The van der Waals surface area contributed by atoms with Gasteiger partial charge in [-0.2, -0.15) is 0 Å². The Morgan fingerprint density at radius 1 is 1.50 bits per heavy atom. The molecule has 0 atom stereocenters. The van der Waals surface area contributed by atoms with Crippen molar-refractivity contribution in [3.05, 3.63) is 29.4 Å². The van der Waals surface area contributed by atoms with Crippen molar-refractivity contribution in [3.8, 4) is 0 Å². The van der Waals surface area contributed by atoms with E-state index in [0.717, 1.165) is 13.0 Å². The number of rotatable bonds is 0. The zero-order valence-electron chi connectivity index (χ0n) is 5.56. The molecule has 0 aromatic carbocycles. The Bertz CT molecular complexity index is 149. The van der Waals surface area contributed by atoms with Crippen LogP contribution < -0.4 is 0 Å². The summed E-state index contributed by atoms with van der Waals surface area (Å²) in [5, 5.41) is 1.93. The highest BCUT2D eigenvalue weighted by Gasteiger charge is 1.83. The Morgan fingerprint density at radius 2 is 2.50 bits per heavy atom. The molecule has 0 aliphatic carbocycles. The molecule has 1 aliphatic heterocycles. The molecule has 2 nitrogen and oxygen atoms in total. The molecular weight excluding hydrogens is 146 g/mol. The molecule has 0 saturated carbocycles. The van der Waals surface area contributed by atoms with Crippen molar-refractivity contribution in [2.24, 2.45) is 0 Å². The first-order chi connectivity index (χ1) is 5.00. The predicted octanol–water partition coefficient (Wildman–Crippen LogP) is 2.06. The first-order valence-corrected chi connectivity index (χ1v) is 4.03. The number of thiazole rings is 1. The number of aromatic nitrogens is 1. The second-order valence-electron chi connectivity index (χ2n) is 1.71. The molecule has 1 aliphatic rings. The molecule has 2 rings (SSSR count). The van der Waals surface area contributed by atoms with Gasteiger partial charge >= 0.3 is 0 Å². The minimum atomic E-state index is 0.889. The Morgan fingerprint density at radius 3 is 2.70 bits per heavy atom. The van der Waals surface area contributed by atoms with Crippen LogP contribution in [0, 0.1) is 0 Å². The van der Waals surface area contributed by atoms with Crippen LogP contribution in [-0.4, -0.2) is 11.6 Å². The molecule has 0 unspecified atom stereocenters. The molecule has 0 bridgehead atoms. The Hall–Kier alpha value is -0.830. The van der Waals surface area contributed by atoms with Crippen LogP contribution in [0.2, 0.25) is 0 Å². The molecule has 54 valence electrons. The zero-order valence-corrected chi connectivity index (χ0v) is 6.38. The van der Waals surface area contributed by atoms with E-state index in [4.69, 9.17) is 4.74 Å². The SMILES string of the molecule is C1=COCC1.c1cscn1. The van der Waals surface area contributed by atoms with Crippen LogP contribution in [0.15, 0.2) is 29.4 Å². The van der Waals surface area contributed by atoms with Gasteiger partial charge in [0.15, 0.2) is 0 Å². The van der Waals surface area contributed by atoms with Gasteiger partial charge in [-0.15, -0.1) is 11.3 Å². The summed E-state index contributed by atoms with van der Waals surface area (Å²) >= 11 is 1.60. The molecular formula is C7H9NOS. The summed E-state index contributed by atoms with van der Waals surface area (Å²) in [6, 6.07) is 0. The quantitative estimate of drug-likeness (QED) is 0.572. The average Bonchev–Trinajstić information content (AvgIpc) is 2.67. The molecule has 0 saturated heterocycles. The molecule has 0 fully saturated rings. The number of hydrogen-bond donors (Lipinski definition) is 0. The van der Waals surface area contributed by atoms with Crippen molar-refractivity contribution in [3.63, 3.8) is 0 Å². The smallest absolute Gasteiger partial charge is 0.0908 e. The summed E-state index contributed by atoms with van der Waals surface area (Å²) in [6.07, 6.45) is 6.62. The van der Waals surface area contributed by atoms with Crippen molar-refractivity contribution >= 4 is 11.3 Å². The highest BCUT2D eigenvalue weighted by molar-refractivity contribution is 7.07. The summed E-state index contributed by atoms with van der Waals surface area (Å²) < 4.78 is 4.76. The number of hydrogen-bond acceptors (Lipinski definition) is 3. The van der Waals surface area contributed by atoms with E-state index in [9.17, 15) is 0 Å². The van der Waals surface area contributed by atoms with Crippen LogP contribution in [0.3, 0.4) is 0 Å². The van der Waals surface area contributed by atoms with Crippen molar-refractivity contribution in [2.45, 2.75) is 6.42 Å². The van der Waals surface area contributed by atoms with Crippen LogP contribution >= 0.6 is 11.3 Å². The highest BCUT2D eigenvalue weighted by Crippen LogP contribution is 1.93. The van der Waals surface area contributed by atoms with Gasteiger partial charge in [-0.1, -0.05) is 0 Å². The highest BCUT2D eigenvalue weighted by atomic mass is 32.1. The molecule has 1 aromatic rings. The molecule has 0 radical (unpaired) electrons. The molecule has 2 heterocycles. The second-order valence-corrected chi connectivity index (χ2v) is 2.46. The fourth-order valence-electron chi connectivity index (χ4n) is 0.516. The number of ether oxygens (including phenoxy) is 1. The van der Waals surface area contributed by atoms with Crippen LogP contribution in [0.1, 0.15) is 6.42 Å². The van der Waals surface area contributed by atoms with E-state index in [2.05, 4.69) is 4.98 Å². The van der Waals surface area contributed by atoms with Gasteiger partial charge in [0, 0.05) is 18.0 Å². The lowest BCUT2D eigenvalue weighted by atomic mass is 10.5. The summed E-state index contributed by atoms with van der Waals surface area (Å²) in [7, 11) is 0. The van der Waals surface area contributed by atoms with E-state index < -0.39 is 0 Å². The lowest BCUT2D eigenvalue weighted by Gasteiger charge is -1.79. The van der Waals surface area contributed by atoms with Gasteiger partial charge in [-0.3, -0.25) is 4.98 Å². The van der Waals surface area contributed by atoms with Gasteiger partial charge < -0.3 is 4.74 Å². The summed E-state index contributed by atoms with van der Waals surface area (Å²) in [4.78, 5) is 3.74. The Labute approximate surface area is 64.2 Å². The number of nitrogens with zero attached hydrogens (tertiary/aromatic N) is 1. The monoisotopic (exact) mass is 155 g/mol. The maximum atomic E-state index is 4.76. The summed E-state index contributed by atoms with van der Waals surface area (Å²) in [5.41, 5.74) is 1.79. The van der Waals surface area contributed by atoms with Crippen LogP contribution in [0.25, 0.3) is 0 Å². The Kier molecular flexibility index (Phi) is 3.64. The maximum absolute atomic E-state index is 4.76. The predicted molar refractivity (Wildman–Crippen MR) is 41.8 cm³/mol. The third-order valence-electron chi connectivity index (χ3n) is 0.942. The van der Waals surface area contributed by atoms with Crippen molar-refractivity contribution in [1.82, 2.24) is 4.98 Å². The van der Waals surface area contributed by atoms with Crippen LogP contribution in [0.5, 0.6) is 0 Å². The molecule has 0 spiro atoms. The lowest BCUT2D eigenvalue weighted by molar-refractivity contribution is 0.281. The Balaban J connectivity index is 0.0000001000. The second kappa shape index (κ2) is 4.99. The molecule has 3 heteroatoms. The first kappa shape index (κ1) is 7.28. The topological polar surface area (TPSA) is 22.1 Å². The minimum absolute atomic E-state index is 0.889. The van der Waals surface area contributed by atoms with E-state index in [0.29, 0.717) is 0 Å². The minimum Gasteiger partial charge on any atom is -0.501 e. The van der Waals surface area contributed by atoms with Crippen LogP contribution in [0.4, 0.5) is 0 Å². The van der Waals surface area contributed by atoms with Gasteiger partial charge in [-0.05, 0) is 6.08 Å². The zero-order chi connectivity index (χ0) is 7.07. The van der Waals surface area contributed by atoms with E-state index >= 15 is 0 Å². The molecule has 1 aromatic heterocycles. The molecule has 10 heavy (non-hydrogen) atoms. The van der Waals surface area contributed by atoms with Crippen LogP contribution in [-0.2, 0) is 4.74 Å². The van der Waals surface area contributed by atoms with Crippen molar-refractivity contribution in [2.75, 3.05) is 6.61 Å². The van der Waals surface area contributed by atoms with Gasteiger partial charge in [0.25, 0.3) is 0 Å². The maximum Gasteiger partial charge on any atom is 0.0908 e. The fourth-order valence-corrected chi connectivity index (χ4v) is 0.867. The summed E-state index contributed by atoms with van der Waals surface area (Å²) in [5.74, 6) is 0. The normalized spacial score (nSPS) is 13.6. The molecule has 0 N–H and O–H groups in total.